The van der Waals surface area contributed by atoms with Gasteiger partial charge >= 0.3 is 23.9 Å². The van der Waals surface area contributed by atoms with Crippen molar-refractivity contribution in [3.63, 3.8) is 0 Å². The number of aliphatic carboxylic acids is 2. The van der Waals surface area contributed by atoms with Crippen molar-refractivity contribution in [1.29, 1.82) is 0 Å². The van der Waals surface area contributed by atoms with Gasteiger partial charge in [-0.2, -0.15) is 0 Å². The normalized spacial score (nSPS) is 12.7. The van der Waals surface area contributed by atoms with Gasteiger partial charge in [0.05, 0.1) is 39.6 Å². The monoisotopic (exact) mass is 634 g/mol. The van der Waals surface area contributed by atoms with Crippen LogP contribution in [0.2, 0.25) is 0 Å². The molecule has 2 aromatic carbocycles. The molecule has 0 fully saturated rings. The molecule has 2 unspecified atom stereocenters. The first-order valence-corrected chi connectivity index (χ1v) is 15.1. The number of benzene rings is 2. The molecule has 11 nitrogen and oxygen atoms in total. The highest BCUT2D eigenvalue weighted by Gasteiger charge is 2.16. The Labute approximate surface area is 258 Å². The quantitative estimate of drug-likeness (QED) is 0.0837. The number of ether oxygens (including phenoxy) is 5. The minimum absolute atomic E-state index is 0.0921. The zero-order valence-electron chi connectivity index (χ0n) is 23.3. The lowest BCUT2D eigenvalue weighted by molar-refractivity contribution is -0.145. The number of thioether (sulfide) groups is 2. The Kier molecular flexibility index (Phi) is 18.2. The van der Waals surface area contributed by atoms with Crippen LogP contribution < -0.4 is 0 Å². The van der Waals surface area contributed by atoms with Crippen molar-refractivity contribution in [2.75, 3.05) is 51.1 Å². The van der Waals surface area contributed by atoms with Gasteiger partial charge in [0.15, 0.2) is 0 Å². The fraction of sp³-hybridized carbons (Fsp3) is 0.333. The Morgan fingerprint density at radius 1 is 0.581 bits per heavy atom. The minimum atomic E-state index is -1.25. The molecule has 0 aliphatic rings. The number of hydrogen-bond donors (Lipinski definition) is 2. The summed E-state index contributed by atoms with van der Waals surface area (Å²) in [6.07, 6.45) is 1.90. The Hall–Kier alpha value is -3.62. The molecular formula is C30H34O11S2. The fourth-order valence-electron chi connectivity index (χ4n) is 3.10. The van der Waals surface area contributed by atoms with Gasteiger partial charge in [-0.05, 0) is 24.3 Å². The molecular weight excluding hydrogens is 600 g/mol. The molecule has 0 bridgehead atoms. The zero-order chi connectivity index (χ0) is 31.1. The van der Waals surface area contributed by atoms with Gasteiger partial charge in [0.25, 0.3) is 0 Å². The molecule has 0 heterocycles. The third-order valence-electron chi connectivity index (χ3n) is 5.00. The van der Waals surface area contributed by atoms with Gasteiger partial charge in [0, 0.05) is 45.6 Å². The number of carboxylic acid groups (broad SMARTS) is 2. The molecule has 0 spiro atoms. The van der Waals surface area contributed by atoms with Crippen molar-refractivity contribution in [3.8, 4) is 0 Å². The number of hydrogen-bond acceptors (Lipinski definition) is 11. The Morgan fingerprint density at radius 3 is 1.33 bits per heavy atom. The number of carbonyl (C=O) groups excluding carboxylic acids is 2. The molecule has 2 aromatic rings. The molecule has 2 N–H and O–H groups in total. The molecule has 0 saturated heterocycles. The number of rotatable bonds is 22. The molecule has 0 radical (unpaired) electrons. The van der Waals surface area contributed by atoms with Gasteiger partial charge in [-0.15, -0.1) is 23.5 Å². The lowest BCUT2D eigenvalue weighted by Crippen LogP contribution is -2.27. The molecule has 0 amide bonds. The summed E-state index contributed by atoms with van der Waals surface area (Å²) < 4.78 is 27.4. The summed E-state index contributed by atoms with van der Waals surface area (Å²) in [7, 11) is 0. The lowest BCUT2D eigenvalue weighted by atomic mass is 10.4. The summed E-state index contributed by atoms with van der Waals surface area (Å²) in [5, 5.41) is 17.4. The third kappa shape index (κ3) is 18.5. The first kappa shape index (κ1) is 35.6. The Bertz CT molecular complexity index is 1080. The van der Waals surface area contributed by atoms with E-state index in [-0.39, 0.29) is 39.6 Å². The topological polar surface area (TPSA) is 155 Å². The first-order chi connectivity index (χ1) is 20.8. The number of carbonyl (C=O) groups is 4. The summed E-state index contributed by atoms with van der Waals surface area (Å²) in [6, 6.07) is 19.1. The molecule has 2 rings (SSSR count). The molecule has 13 heteroatoms. The minimum Gasteiger partial charge on any atom is -0.478 e. The molecule has 0 aliphatic carbocycles. The average molecular weight is 635 g/mol. The number of carboxylic acids is 2. The molecule has 2 atom stereocenters. The van der Waals surface area contributed by atoms with Crippen LogP contribution in [0, 0.1) is 0 Å². The second-order valence-corrected chi connectivity index (χ2v) is 10.7. The van der Waals surface area contributed by atoms with Crippen molar-refractivity contribution < 1.29 is 53.1 Å². The van der Waals surface area contributed by atoms with Gasteiger partial charge in [-0.25, -0.2) is 19.2 Å². The van der Waals surface area contributed by atoms with Gasteiger partial charge in [-0.3, -0.25) is 0 Å². The third-order valence-corrected chi connectivity index (χ3v) is 7.29. The fourth-order valence-corrected chi connectivity index (χ4v) is 4.88. The molecule has 232 valence electrons. The highest BCUT2D eigenvalue weighted by atomic mass is 32.2. The van der Waals surface area contributed by atoms with E-state index in [1.807, 2.05) is 60.7 Å². The average Bonchev–Trinajstić information content (AvgIpc) is 3.00. The summed E-state index contributed by atoms with van der Waals surface area (Å²) in [5.74, 6) is -3.23. The van der Waals surface area contributed by atoms with Crippen LogP contribution in [-0.2, 0) is 42.9 Å². The van der Waals surface area contributed by atoms with E-state index in [9.17, 15) is 19.2 Å². The zero-order valence-corrected chi connectivity index (χ0v) is 24.9. The smallest absolute Gasteiger partial charge is 0.331 e. The molecule has 0 saturated carbocycles. The SMILES string of the molecule is O=C(O)/C=C\C(=O)OC(COCCOCCOCC(CSc1ccccc1)OC(=O)/C=C\C(=O)O)CSc1ccccc1. The van der Waals surface area contributed by atoms with E-state index in [4.69, 9.17) is 33.9 Å². The van der Waals surface area contributed by atoms with Gasteiger partial charge in [0.1, 0.15) is 12.2 Å². The summed E-state index contributed by atoms with van der Waals surface area (Å²) in [5.41, 5.74) is 0. The Morgan fingerprint density at radius 2 is 0.953 bits per heavy atom. The number of esters is 2. The van der Waals surface area contributed by atoms with E-state index in [0.29, 0.717) is 23.7 Å². The second kappa shape index (κ2) is 22.0. The first-order valence-electron chi connectivity index (χ1n) is 13.1. The van der Waals surface area contributed by atoms with Crippen LogP contribution >= 0.6 is 23.5 Å². The van der Waals surface area contributed by atoms with E-state index < -0.39 is 36.1 Å². The van der Waals surface area contributed by atoms with Crippen molar-refractivity contribution in [2.45, 2.75) is 22.0 Å². The van der Waals surface area contributed by atoms with Crippen LogP contribution in [0.25, 0.3) is 0 Å². The van der Waals surface area contributed by atoms with E-state index in [1.54, 1.807) is 0 Å². The second-order valence-electron chi connectivity index (χ2n) is 8.47. The summed E-state index contributed by atoms with van der Waals surface area (Å²) in [6.45, 7) is 1.12. The maximum Gasteiger partial charge on any atom is 0.331 e. The summed E-state index contributed by atoms with van der Waals surface area (Å²) in [4.78, 5) is 47.2. The van der Waals surface area contributed by atoms with Gasteiger partial charge < -0.3 is 33.9 Å². The van der Waals surface area contributed by atoms with Crippen molar-refractivity contribution >= 4 is 47.4 Å². The van der Waals surface area contributed by atoms with Crippen molar-refractivity contribution in [1.82, 2.24) is 0 Å². The van der Waals surface area contributed by atoms with Crippen LogP contribution in [0.3, 0.4) is 0 Å². The van der Waals surface area contributed by atoms with E-state index >= 15 is 0 Å². The van der Waals surface area contributed by atoms with Crippen LogP contribution in [-0.4, -0.2) is 97.4 Å². The lowest BCUT2D eigenvalue weighted by Gasteiger charge is -2.18. The van der Waals surface area contributed by atoms with Crippen LogP contribution in [0.4, 0.5) is 0 Å². The van der Waals surface area contributed by atoms with E-state index in [0.717, 1.165) is 21.9 Å². The van der Waals surface area contributed by atoms with Crippen molar-refractivity contribution in [3.05, 3.63) is 85.0 Å². The van der Waals surface area contributed by atoms with E-state index in [2.05, 4.69) is 0 Å². The van der Waals surface area contributed by atoms with Crippen molar-refractivity contribution in [2.24, 2.45) is 0 Å². The molecule has 0 aliphatic heterocycles. The standard InChI is InChI=1S/C30H34O11S2/c31-27(32)11-13-29(35)40-23(21-42-25-7-3-1-4-8-25)19-38-17-15-37-16-18-39-20-24(41-30(36)14-12-28(33)34)22-43-26-9-5-2-6-10-26/h1-14,23-24H,15-22H2,(H,31,32)(H,33,34)/b13-11-,14-12-. The van der Waals surface area contributed by atoms with Gasteiger partial charge in [0.2, 0.25) is 0 Å². The predicted molar refractivity (Wildman–Crippen MR) is 160 cm³/mol. The van der Waals surface area contributed by atoms with Crippen LogP contribution in [0.5, 0.6) is 0 Å². The highest BCUT2D eigenvalue weighted by Crippen LogP contribution is 2.20. The largest absolute Gasteiger partial charge is 0.478 e. The van der Waals surface area contributed by atoms with Crippen LogP contribution in [0.1, 0.15) is 0 Å². The summed E-state index contributed by atoms with van der Waals surface area (Å²) >= 11 is 2.95. The van der Waals surface area contributed by atoms with Crippen LogP contribution in [0.15, 0.2) is 94.8 Å². The maximum absolute atomic E-state index is 12.0. The highest BCUT2D eigenvalue weighted by molar-refractivity contribution is 7.99. The molecule has 43 heavy (non-hydrogen) atoms. The van der Waals surface area contributed by atoms with Gasteiger partial charge in [-0.1, -0.05) is 36.4 Å². The molecule has 0 aromatic heterocycles. The predicted octanol–water partition coefficient (Wildman–Crippen LogP) is 3.73. The van der Waals surface area contributed by atoms with E-state index in [1.165, 1.54) is 23.5 Å². The maximum atomic E-state index is 12.0. The Balaban J connectivity index is 1.69.